The number of rotatable bonds is 8. The van der Waals surface area contributed by atoms with E-state index in [1.165, 1.54) is 36.8 Å². The van der Waals surface area contributed by atoms with E-state index in [-0.39, 0.29) is 23.7 Å². The van der Waals surface area contributed by atoms with Crippen LogP contribution in [0.1, 0.15) is 30.4 Å². The minimum Gasteiger partial charge on any atom is -0.406 e. The third-order valence-electron chi connectivity index (χ3n) is 6.02. The molecule has 182 valence electrons. The van der Waals surface area contributed by atoms with Gasteiger partial charge in [-0.1, -0.05) is 18.6 Å². The number of halogens is 4. The van der Waals surface area contributed by atoms with Crippen molar-refractivity contribution in [3.63, 3.8) is 0 Å². The highest BCUT2D eigenvalue weighted by Gasteiger charge is 2.31. The number of aromatic nitrogens is 1. The average molecular weight is 478 g/mol. The van der Waals surface area contributed by atoms with Crippen molar-refractivity contribution in [2.24, 2.45) is 0 Å². The maximum Gasteiger partial charge on any atom is 0.573 e. The Bertz CT molecular complexity index is 1170. The van der Waals surface area contributed by atoms with Crippen molar-refractivity contribution in [1.82, 2.24) is 14.8 Å². The van der Waals surface area contributed by atoms with Crippen LogP contribution in [0.4, 0.5) is 17.6 Å². The topological polar surface area (TPSA) is 46.5 Å². The zero-order valence-electron chi connectivity index (χ0n) is 18.7. The molecule has 5 nitrogen and oxygen atoms in total. The Kier molecular flexibility index (Phi) is 7.53. The first kappa shape index (κ1) is 24.2. The van der Waals surface area contributed by atoms with Gasteiger partial charge in [-0.25, -0.2) is 4.39 Å². The Hall–Kier alpha value is -2.91. The quantitative estimate of drug-likeness (QED) is 0.473. The van der Waals surface area contributed by atoms with Gasteiger partial charge in [-0.15, -0.1) is 13.2 Å². The molecule has 1 aliphatic rings. The van der Waals surface area contributed by atoms with Gasteiger partial charge in [-0.3, -0.25) is 4.79 Å². The first-order valence-corrected chi connectivity index (χ1v) is 11.4. The zero-order valence-corrected chi connectivity index (χ0v) is 18.7. The summed E-state index contributed by atoms with van der Waals surface area (Å²) in [6.07, 6.45) is -1.41. The zero-order chi connectivity index (χ0) is 24.1. The fourth-order valence-corrected chi connectivity index (χ4v) is 4.33. The van der Waals surface area contributed by atoms with Gasteiger partial charge in [0.05, 0.1) is 5.52 Å². The van der Waals surface area contributed by atoms with Gasteiger partial charge in [-0.2, -0.15) is 0 Å². The molecular formula is C25H27F4N3O2. The monoisotopic (exact) mass is 477 g/mol. The van der Waals surface area contributed by atoms with Crippen LogP contribution in [0, 0.1) is 5.82 Å². The van der Waals surface area contributed by atoms with E-state index in [9.17, 15) is 22.4 Å². The fourth-order valence-electron chi connectivity index (χ4n) is 4.33. The second-order valence-corrected chi connectivity index (χ2v) is 8.53. The van der Waals surface area contributed by atoms with E-state index in [1.807, 2.05) is 0 Å². The lowest BCUT2D eigenvalue weighted by Crippen LogP contribution is -2.36. The summed E-state index contributed by atoms with van der Waals surface area (Å²) >= 11 is 0. The van der Waals surface area contributed by atoms with Crippen LogP contribution in [0.25, 0.3) is 10.9 Å². The second kappa shape index (κ2) is 10.6. The number of hydrogen-bond acceptors (Lipinski definition) is 4. The molecule has 3 aromatic rings. The summed E-state index contributed by atoms with van der Waals surface area (Å²) in [5.74, 6) is -0.669. The van der Waals surface area contributed by atoms with E-state index in [4.69, 9.17) is 0 Å². The predicted molar refractivity (Wildman–Crippen MR) is 122 cm³/mol. The molecule has 0 saturated carbocycles. The number of ether oxygens (including phenoxy) is 1. The Morgan fingerprint density at radius 3 is 2.35 bits per heavy atom. The lowest BCUT2D eigenvalue weighted by atomic mass is 10.1. The van der Waals surface area contributed by atoms with Gasteiger partial charge >= 0.3 is 6.36 Å². The summed E-state index contributed by atoms with van der Waals surface area (Å²) in [6, 6.07) is 11.9. The van der Waals surface area contributed by atoms with Gasteiger partial charge in [0.25, 0.3) is 5.56 Å². The molecule has 0 bridgehead atoms. The number of hydrogen-bond donors (Lipinski definition) is 1. The summed E-state index contributed by atoms with van der Waals surface area (Å²) in [5, 5.41) is 3.86. The van der Waals surface area contributed by atoms with Crippen LogP contribution < -0.4 is 15.6 Å². The molecule has 1 fully saturated rings. The SMILES string of the molecule is O=c1c(CNCc2ccc(F)cc2)cc2ccc(OC(F)(F)F)cc2n1CCN1CCCCC1. The van der Waals surface area contributed by atoms with Gasteiger partial charge in [0.2, 0.25) is 0 Å². The molecule has 1 aromatic heterocycles. The first-order chi connectivity index (χ1) is 16.3. The van der Waals surface area contributed by atoms with Crippen LogP contribution >= 0.6 is 0 Å². The summed E-state index contributed by atoms with van der Waals surface area (Å²) < 4.78 is 57.0. The smallest absolute Gasteiger partial charge is 0.406 e. The third-order valence-corrected chi connectivity index (χ3v) is 6.02. The second-order valence-electron chi connectivity index (χ2n) is 8.53. The first-order valence-electron chi connectivity index (χ1n) is 11.4. The van der Waals surface area contributed by atoms with Crippen molar-refractivity contribution in [2.75, 3.05) is 19.6 Å². The number of likely N-dealkylation sites (tertiary alicyclic amines) is 1. The standard InChI is InChI=1S/C25H27F4N3O2/c26-21-7-4-18(5-8-21)16-30-17-20-14-19-6-9-22(34-25(27,28)29)15-23(19)32(24(20)33)13-12-31-10-2-1-3-11-31/h4-9,14-15,30H,1-3,10-13,16-17H2. The highest BCUT2D eigenvalue weighted by atomic mass is 19.4. The van der Waals surface area contributed by atoms with Crippen LogP contribution in [0.2, 0.25) is 0 Å². The summed E-state index contributed by atoms with van der Waals surface area (Å²) in [5.41, 5.74) is 1.55. The number of pyridine rings is 1. The maximum atomic E-state index is 13.3. The molecule has 9 heteroatoms. The van der Waals surface area contributed by atoms with E-state index in [1.54, 1.807) is 22.8 Å². The molecule has 2 aromatic carbocycles. The minimum absolute atomic E-state index is 0.250. The van der Waals surface area contributed by atoms with Crippen LogP contribution in [0.15, 0.2) is 53.3 Å². The number of benzene rings is 2. The number of piperidine rings is 1. The van der Waals surface area contributed by atoms with E-state index in [2.05, 4.69) is 15.0 Å². The molecule has 0 spiro atoms. The van der Waals surface area contributed by atoms with E-state index >= 15 is 0 Å². The average Bonchev–Trinajstić information content (AvgIpc) is 2.80. The van der Waals surface area contributed by atoms with E-state index < -0.39 is 6.36 Å². The normalized spacial score (nSPS) is 15.1. The number of nitrogens with zero attached hydrogens (tertiary/aromatic N) is 2. The molecule has 0 atom stereocenters. The largest absolute Gasteiger partial charge is 0.573 e. The van der Waals surface area contributed by atoms with Crippen LogP contribution in [0.3, 0.4) is 0 Å². The molecule has 1 N–H and O–H groups in total. The molecular weight excluding hydrogens is 450 g/mol. The highest BCUT2D eigenvalue weighted by Crippen LogP contribution is 2.26. The molecule has 4 rings (SSSR count). The molecule has 1 saturated heterocycles. The lowest BCUT2D eigenvalue weighted by Gasteiger charge is -2.27. The molecule has 2 heterocycles. The van der Waals surface area contributed by atoms with Gasteiger partial charge in [0.1, 0.15) is 11.6 Å². The van der Waals surface area contributed by atoms with Gasteiger partial charge in [0.15, 0.2) is 0 Å². The number of nitrogens with one attached hydrogen (secondary N) is 1. The molecule has 0 amide bonds. The Morgan fingerprint density at radius 1 is 0.912 bits per heavy atom. The van der Waals surface area contributed by atoms with Crippen LogP contribution in [-0.4, -0.2) is 35.5 Å². The van der Waals surface area contributed by atoms with Crippen molar-refractivity contribution in [2.45, 2.75) is 45.3 Å². The predicted octanol–water partition coefficient (Wildman–Crippen LogP) is 4.81. The summed E-state index contributed by atoms with van der Waals surface area (Å²) in [4.78, 5) is 15.6. The van der Waals surface area contributed by atoms with Crippen LogP contribution in [-0.2, 0) is 19.6 Å². The molecule has 0 radical (unpaired) electrons. The highest BCUT2D eigenvalue weighted by molar-refractivity contribution is 5.81. The fraction of sp³-hybridized carbons (Fsp3) is 0.400. The van der Waals surface area contributed by atoms with Crippen molar-refractivity contribution in [3.05, 3.63) is 75.8 Å². The van der Waals surface area contributed by atoms with Crippen molar-refractivity contribution in [3.8, 4) is 5.75 Å². The van der Waals surface area contributed by atoms with Crippen molar-refractivity contribution >= 4 is 10.9 Å². The van der Waals surface area contributed by atoms with Crippen LogP contribution in [0.5, 0.6) is 5.75 Å². The summed E-state index contributed by atoms with van der Waals surface area (Å²) in [7, 11) is 0. The number of alkyl halides is 3. The molecule has 1 aliphatic heterocycles. The van der Waals surface area contributed by atoms with E-state index in [0.29, 0.717) is 36.1 Å². The maximum absolute atomic E-state index is 13.3. The molecule has 0 unspecified atom stereocenters. The van der Waals surface area contributed by atoms with E-state index in [0.717, 1.165) is 31.5 Å². The molecule has 34 heavy (non-hydrogen) atoms. The lowest BCUT2D eigenvalue weighted by molar-refractivity contribution is -0.274. The Morgan fingerprint density at radius 2 is 1.65 bits per heavy atom. The molecule has 0 aliphatic carbocycles. The third kappa shape index (κ3) is 6.36. The summed E-state index contributed by atoms with van der Waals surface area (Å²) in [6.45, 7) is 3.64. The Balaban J connectivity index is 1.60. The van der Waals surface area contributed by atoms with Gasteiger partial charge < -0.3 is 19.5 Å². The Labute approximate surface area is 194 Å². The van der Waals surface area contributed by atoms with Crippen molar-refractivity contribution in [1.29, 1.82) is 0 Å². The van der Waals surface area contributed by atoms with Gasteiger partial charge in [-0.05, 0) is 67.2 Å². The van der Waals surface area contributed by atoms with Gasteiger partial charge in [0, 0.05) is 37.8 Å². The minimum atomic E-state index is -4.81. The number of fused-ring (bicyclic) bond motifs is 1. The van der Waals surface area contributed by atoms with Crippen molar-refractivity contribution < 1.29 is 22.3 Å².